The fourth-order valence-corrected chi connectivity index (χ4v) is 2.69. The van der Waals surface area contributed by atoms with Gasteiger partial charge < -0.3 is 10.0 Å². The van der Waals surface area contributed by atoms with E-state index in [1.807, 2.05) is 12.1 Å². The van der Waals surface area contributed by atoms with E-state index in [0.717, 1.165) is 24.8 Å². The van der Waals surface area contributed by atoms with Crippen LogP contribution in [0.5, 0.6) is 0 Å². The highest BCUT2D eigenvalue weighted by Crippen LogP contribution is 2.21. The molecule has 0 aromatic carbocycles. The molecule has 1 fully saturated rings. The molecule has 0 spiro atoms. The number of carboxylic acid groups (broad SMARTS) is 1. The standard InChI is InChI=1S/C15H20N2O3/c18-14(5-4-12-6-8-16-9-7-12)17-10-2-1-3-13(17)11-15(19)20/h6-9,13H,1-5,10-11H2,(H,19,20). The van der Waals surface area contributed by atoms with E-state index in [4.69, 9.17) is 5.11 Å². The van der Waals surface area contributed by atoms with Crippen LogP contribution in [-0.2, 0) is 16.0 Å². The summed E-state index contributed by atoms with van der Waals surface area (Å²) in [5.41, 5.74) is 1.08. The van der Waals surface area contributed by atoms with Crippen molar-refractivity contribution >= 4 is 11.9 Å². The Morgan fingerprint density at radius 3 is 2.75 bits per heavy atom. The molecule has 2 heterocycles. The maximum absolute atomic E-state index is 12.3. The van der Waals surface area contributed by atoms with Gasteiger partial charge in [-0.3, -0.25) is 14.6 Å². The molecule has 108 valence electrons. The van der Waals surface area contributed by atoms with Crippen molar-refractivity contribution in [2.45, 2.75) is 44.6 Å². The van der Waals surface area contributed by atoms with Gasteiger partial charge >= 0.3 is 5.97 Å². The molecule has 1 unspecified atom stereocenters. The number of carbonyl (C=O) groups is 2. The van der Waals surface area contributed by atoms with Crippen LogP contribution in [0.15, 0.2) is 24.5 Å². The predicted octanol–water partition coefficient (Wildman–Crippen LogP) is 1.87. The molecule has 1 aliphatic rings. The molecule has 1 aromatic heterocycles. The molecule has 1 amide bonds. The first-order valence-electron chi connectivity index (χ1n) is 7.07. The van der Waals surface area contributed by atoms with E-state index in [-0.39, 0.29) is 18.4 Å². The Balaban J connectivity index is 1.90. The monoisotopic (exact) mass is 276 g/mol. The van der Waals surface area contributed by atoms with Crippen LogP contribution in [0.3, 0.4) is 0 Å². The number of nitrogens with zero attached hydrogens (tertiary/aromatic N) is 2. The van der Waals surface area contributed by atoms with Crippen molar-refractivity contribution in [2.75, 3.05) is 6.54 Å². The summed E-state index contributed by atoms with van der Waals surface area (Å²) < 4.78 is 0. The van der Waals surface area contributed by atoms with Crippen molar-refractivity contribution in [3.8, 4) is 0 Å². The second-order valence-corrected chi connectivity index (χ2v) is 5.19. The van der Waals surface area contributed by atoms with Crippen LogP contribution in [0.25, 0.3) is 0 Å². The Kier molecular flexibility index (Phi) is 5.09. The Hall–Kier alpha value is -1.91. The lowest BCUT2D eigenvalue weighted by Crippen LogP contribution is -2.44. The van der Waals surface area contributed by atoms with E-state index < -0.39 is 5.97 Å². The van der Waals surface area contributed by atoms with Crippen LogP contribution >= 0.6 is 0 Å². The van der Waals surface area contributed by atoms with Gasteiger partial charge in [-0.2, -0.15) is 0 Å². The highest BCUT2D eigenvalue weighted by Gasteiger charge is 2.27. The summed E-state index contributed by atoms with van der Waals surface area (Å²) in [6.07, 6.45) is 7.37. The fourth-order valence-electron chi connectivity index (χ4n) is 2.69. The normalized spacial score (nSPS) is 18.8. The molecule has 1 saturated heterocycles. The van der Waals surface area contributed by atoms with Crippen LogP contribution in [0, 0.1) is 0 Å². The first-order chi connectivity index (χ1) is 9.66. The average molecular weight is 276 g/mol. The number of pyridine rings is 1. The van der Waals surface area contributed by atoms with Gasteiger partial charge in [0.05, 0.1) is 6.42 Å². The third-order valence-corrected chi connectivity index (χ3v) is 3.73. The van der Waals surface area contributed by atoms with Crippen LogP contribution in [-0.4, -0.2) is 39.5 Å². The summed E-state index contributed by atoms with van der Waals surface area (Å²) in [6.45, 7) is 0.688. The third kappa shape index (κ3) is 4.05. The highest BCUT2D eigenvalue weighted by atomic mass is 16.4. The van der Waals surface area contributed by atoms with Crippen LogP contribution in [0.2, 0.25) is 0 Å². The SMILES string of the molecule is O=C(O)CC1CCCCN1C(=O)CCc1ccncc1. The van der Waals surface area contributed by atoms with Gasteiger partial charge in [0, 0.05) is 31.4 Å². The summed E-state index contributed by atoms with van der Waals surface area (Å²) in [6, 6.07) is 3.67. The van der Waals surface area contributed by atoms with E-state index in [0.29, 0.717) is 19.4 Å². The average Bonchev–Trinajstić information content (AvgIpc) is 2.46. The minimum absolute atomic E-state index is 0.0565. The summed E-state index contributed by atoms with van der Waals surface area (Å²) in [4.78, 5) is 28.9. The van der Waals surface area contributed by atoms with E-state index in [1.54, 1.807) is 17.3 Å². The smallest absolute Gasteiger partial charge is 0.305 e. The van der Waals surface area contributed by atoms with Gasteiger partial charge in [-0.1, -0.05) is 0 Å². The van der Waals surface area contributed by atoms with E-state index >= 15 is 0 Å². The number of carboxylic acids is 1. The number of likely N-dealkylation sites (tertiary alicyclic amines) is 1. The molecule has 0 aliphatic carbocycles. The summed E-state index contributed by atoms with van der Waals surface area (Å²) in [5.74, 6) is -0.767. The first kappa shape index (κ1) is 14.5. The van der Waals surface area contributed by atoms with Gasteiger partial charge in [-0.15, -0.1) is 0 Å². The van der Waals surface area contributed by atoms with E-state index in [1.165, 1.54) is 0 Å². The number of aryl methyl sites for hydroxylation is 1. The zero-order valence-corrected chi connectivity index (χ0v) is 11.5. The van der Waals surface area contributed by atoms with Gasteiger partial charge in [-0.25, -0.2) is 0 Å². The molecule has 5 heteroatoms. The molecule has 20 heavy (non-hydrogen) atoms. The molecule has 1 aromatic rings. The molecular weight excluding hydrogens is 256 g/mol. The lowest BCUT2D eigenvalue weighted by atomic mass is 9.98. The zero-order chi connectivity index (χ0) is 14.4. The molecule has 0 bridgehead atoms. The van der Waals surface area contributed by atoms with Crippen LogP contribution in [0.4, 0.5) is 0 Å². The molecule has 1 aliphatic heterocycles. The van der Waals surface area contributed by atoms with Crippen molar-refractivity contribution < 1.29 is 14.7 Å². The Morgan fingerprint density at radius 1 is 1.30 bits per heavy atom. The zero-order valence-electron chi connectivity index (χ0n) is 11.5. The number of aliphatic carboxylic acids is 1. The van der Waals surface area contributed by atoms with Crippen molar-refractivity contribution in [3.05, 3.63) is 30.1 Å². The molecule has 0 saturated carbocycles. The topological polar surface area (TPSA) is 70.5 Å². The minimum atomic E-state index is -0.830. The van der Waals surface area contributed by atoms with E-state index in [2.05, 4.69) is 4.98 Å². The van der Waals surface area contributed by atoms with Gasteiger partial charge in [0.2, 0.25) is 5.91 Å². The number of piperidine rings is 1. The minimum Gasteiger partial charge on any atom is -0.481 e. The molecule has 0 radical (unpaired) electrons. The molecule has 1 atom stereocenters. The van der Waals surface area contributed by atoms with Crippen LogP contribution in [0.1, 0.15) is 37.7 Å². The summed E-state index contributed by atoms with van der Waals surface area (Å²) in [7, 11) is 0. The lowest BCUT2D eigenvalue weighted by molar-refractivity contribution is -0.141. The molecule has 1 N–H and O–H groups in total. The van der Waals surface area contributed by atoms with Gasteiger partial charge in [0.25, 0.3) is 0 Å². The first-order valence-corrected chi connectivity index (χ1v) is 7.07. The second kappa shape index (κ2) is 7.03. The molecule has 2 rings (SSSR count). The predicted molar refractivity (Wildman–Crippen MR) is 74.2 cm³/mol. The van der Waals surface area contributed by atoms with E-state index in [9.17, 15) is 9.59 Å². The lowest BCUT2D eigenvalue weighted by Gasteiger charge is -2.35. The number of rotatable bonds is 5. The van der Waals surface area contributed by atoms with Gasteiger partial charge in [-0.05, 0) is 43.4 Å². The number of amides is 1. The van der Waals surface area contributed by atoms with Gasteiger partial charge in [0.1, 0.15) is 0 Å². The Bertz CT molecular complexity index is 461. The van der Waals surface area contributed by atoms with Gasteiger partial charge in [0.15, 0.2) is 0 Å². The summed E-state index contributed by atoms with van der Waals surface area (Å²) >= 11 is 0. The highest BCUT2D eigenvalue weighted by molar-refractivity contribution is 5.78. The number of aromatic nitrogens is 1. The van der Waals surface area contributed by atoms with Crippen molar-refractivity contribution in [1.29, 1.82) is 0 Å². The van der Waals surface area contributed by atoms with Crippen molar-refractivity contribution in [3.63, 3.8) is 0 Å². The Morgan fingerprint density at radius 2 is 2.05 bits per heavy atom. The van der Waals surface area contributed by atoms with Crippen molar-refractivity contribution in [2.24, 2.45) is 0 Å². The molecular formula is C15H20N2O3. The number of hydrogen-bond acceptors (Lipinski definition) is 3. The quantitative estimate of drug-likeness (QED) is 0.891. The maximum atomic E-state index is 12.3. The van der Waals surface area contributed by atoms with Crippen LogP contribution < -0.4 is 0 Å². The Labute approximate surface area is 118 Å². The maximum Gasteiger partial charge on any atom is 0.305 e. The second-order valence-electron chi connectivity index (χ2n) is 5.19. The fraction of sp³-hybridized carbons (Fsp3) is 0.533. The largest absolute Gasteiger partial charge is 0.481 e. The third-order valence-electron chi connectivity index (χ3n) is 3.73. The van der Waals surface area contributed by atoms with Crippen molar-refractivity contribution in [1.82, 2.24) is 9.88 Å². The number of carbonyl (C=O) groups excluding carboxylic acids is 1. The number of hydrogen-bond donors (Lipinski definition) is 1. The summed E-state index contributed by atoms with van der Waals surface area (Å²) in [5, 5.41) is 8.93. The molecule has 5 nitrogen and oxygen atoms in total.